The van der Waals surface area contributed by atoms with Gasteiger partial charge in [0, 0.05) is 5.56 Å². The summed E-state index contributed by atoms with van der Waals surface area (Å²) in [4.78, 5) is 29.7. The van der Waals surface area contributed by atoms with Gasteiger partial charge in [0.05, 0.1) is 11.4 Å². The van der Waals surface area contributed by atoms with Crippen LogP contribution in [0.2, 0.25) is 0 Å². The largest absolute Gasteiger partial charge is 0.240 e. The van der Waals surface area contributed by atoms with Gasteiger partial charge in [0.2, 0.25) is 12.2 Å². The lowest BCUT2D eigenvalue weighted by Gasteiger charge is -2.20. The molecule has 0 unspecified atom stereocenters. The molecule has 0 heterocycles. The predicted molar refractivity (Wildman–Crippen MR) is 93.2 cm³/mol. The Bertz CT molecular complexity index is 598. The fourth-order valence-electron chi connectivity index (χ4n) is 2.90. The van der Waals surface area contributed by atoms with Crippen molar-refractivity contribution in [3.8, 4) is 0 Å². The molecule has 4 nitrogen and oxygen atoms in total. The molecule has 0 atom stereocenters. The van der Waals surface area contributed by atoms with Gasteiger partial charge < -0.3 is 0 Å². The molecule has 0 spiro atoms. The number of benzene rings is 1. The van der Waals surface area contributed by atoms with Gasteiger partial charge >= 0.3 is 0 Å². The Morgan fingerprint density at radius 1 is 0.826 bits per heavy atom. The van der Waals surface area contributed by atoms with Gasteiger partial charge in [0.25, 0.3) is 0 Å². The standard InChI is InChI=1S/C19H26N2O2/c1-12(2)7-15-9-16(8-13(3)4)19(21-11-23)17(14(5)6)18(15)20-10-22/h9,12-14H,7-8H2,1-6H3. The SMILES string of the molecule is CC(C)Cc1cc(CC(C)C)c(N=C=O)c(C(C)C)c1N=C=O. The van der Waals surface area contributed by atoms with Crippen LogP contribution in [0.5, 0.6) is 0 Å². The van der Waals surface area contributed by atoms with Gasteiger partial charge in [-0.15, -0.1) is 0 Å². The first-order valence-electron chi connectivity index (χ1n) is 8.16. The highest BCUT2D eigenvalue weighted by Crippen LogP contribution is 2.42. The number of isocyanates is 2. The molecule has 4 heteroatoms. The van der Waals surface area contributed by atoms with E-state index in [4.69, 9.17) is 0 Å². The number of carbonyl (C=O) groups excluding carboxylic acids is 2. The highest BCUT2D eigenvalue weighted by atomic mass is 16.1. The van der Waals surface area contributed by atoms with Gasteiger partial charge in [-0.05, 0) is 41.7 Å². The lowest BCUT2D eigenvalue weighted by atomic mass is 9.87. The zero-order valence-corrected chi connectivity index (χ0v) is 14.9. The molecule has 124 valence electrons. The molecular weight excluding hydrogens is 288 g/mol. The van der Waals surface area contributed by atoms with Crippen molar-refractivity contribution in [1.29, 1.82) is 0 Å². The Morgan fingerprint density at radius 2 is 1.22 bits per heavy atom. The van der Waals surface area contributed by atoms with E-state index in [9.17, 15) is 9.59 Å². The minimum absolute atomic E-state index is 0.0900. The van der Waals surface area contributed by atoms with Gasteiger partial charge in [-0.1, -0.05) is 47.6 Å². The lowest BCUT2D eigenvalue weighted by molar-refractivity contribution is 0.564. The van der Waals surface area contributed by atoms with Crippen LogP contribution in [0.15, 0.2) is 16.1 Å². The van der Waals surface area contributed by atoms with Gasteiger partial charge in [0.15, 0.2) is 0 Å². The summed E-state index contributed by atoms with van der Waals surface area (Å²) in [5.74, 6) is 0.957. The molecule has 1 aromatic carbocycles. The van der Waals surface area contributed by atoms with E-state index in [1.54, 1.807) is 12.2 Å². The highest BCUT2D eigenvalue weighted by Gasteiger charge is 2.21. The third kappa shape index (κ3) is 4.99. The number of rotatable bonds is 7. The van der Waals surface area contributed by atoms with Crippen LogP contribution >= 0.6 is 0 Å². The summed E-state index contributed by atoms with van der Waals surface area (Å²) in [7, 11) is 0. The number of hydrogen-bond donors (Lipinski definition) is 0. The maximum Gasteiger partial charge on any atom is 0.240 e. The summed E-state index contributed by atoms with van der Waals surface area (Å²) in [5, 5.41) is 0. The predicted octanol–water partition coefficient (Wildman–Crippen LogP) is 5.14. The van der Waals surface area contributed by atoms with Gasteiger partial charge in [0.1, 0.15) is 0 Å². The smallest absolute Gasteiger partial charge is 0.211 e. The zero-order valence-electron chi connectivity index (χ0n) is 14.9. The monoisotopic (exact) mass is 314 g/mol. The van der Waals surface area contributed by atoms with E-state index in [0.29, 0.717) is 23.2 Å². The van der Waals surface area contributed by atoms with Crippen LogP contribution in [0.25, 0.3) is 0 Å². The second kappa shape index (κ2) is 8.57. The Kier molecular flexibility index (Phi) is 7.09. The molecule has 1 aromatic rings. The number of aliphatic imine (C=N–C) groups is 2. The minimum Gasteiger partial charge on any atom is -0.211 e. The second-order valence-electron chi connectivity index (χ2n) is 7.06. The van der Waals surface area contributed by atoms with Gasteiger partial charge in [-0.2, -0.15) is 9.98 Å². The van der Waals surface area contributed by atoms with Crippen molar-refractivity contribution >= 4 is 23.5 Å². The summed E-state index contributed by atoms with van der Waals surface area (Å²) in [6, 6.07) is 2.04. The topological polar surface area (TPSA) is 58.9 Å². The fraction of sp³-hybridized carbons (Fsp3) is 0.579. The van der Waals surface area contributed by atoms with Crippen molar-refractivity contribution in [2.75, 3.05) is 0 Å². The molecule has 23 heavy (non-hydrogen) atoms. The van der Waals surface area contributed by atoms with Crippen LogP contribution in [0.4, 0.5) is 11.4 Å². The van der Waals surface area contributed by atoms with Crippen molar-refractivity contribution in [2.45, 2.75) is 60.3 Å². The Morgan fingerprint density at radius 3 is 1.48 bits per heavy atom. The van der Waals surface area contributed by atoms with Crippen LogP contribution in [-0.4, -0.2) is 12.2 Å². The van der Waals surface area contributed by atoms with Crippen molar-refractivity contribution in [3.05, 3.63) is 22.8 Å². The van der Waals surface area contributed by atoms with E-state index < -0.39 is 0 Å². The zero-order chi connectivity index (χ0) is 17.6. The number of hydrogen-bond acceptors (Lipinski definition) is 4. The van der Waals surface area contributed by atoms with Crippen molar-refractivity contribution in [3.63, 3.8) is 0 Å². The molecular formula is C19H26N2O2. The van der Waals surface area contributed by atoms with E-state index in [2.05, 4.69) is 37.7 Å². The third-order valence-corrected chi connectivity index (χ3v) is 3.62. The Hall–Kier alpha value is -2.02. The molecule has 0 aliphatic carbocycles. The summed E-state index contributed by atoms with van der Waals surface area (Å²) in [6.07, 6.45) is 4.95. The molecule has 0 bridgehead atoms. The van der Waals surface area contributed by atoms with Gasteiger partial charge in [-0.25, -0.2) is 9.59 Å². The maximum atomic E-state index is 10.9. The van der Waals surface area contributed by atoms with E-state index >= 15 is 0 Å². The maximum absolute atomic E-state index is 10.9. The van der Waals surface area contributed by atoms with E-state index in [1.807, 2.05) is 19.9 Å². The first-order valence-corrected chi connectivity index (χ1v) is 8.16. The molecule has 0 fully saturated rings. The van der Waals surface area contributed by atoms with Crippen LogP contribution < -0.4 is 0 Å². The second-order valence-corrected chi connectivity index (χ2v) is 7.06. The summed E-state index contributed by atoms with van der Waals surface area (Å²) in [6.45, 7) is 12.5. The van der Waals surface area contributed by atoms with E-state index in [1.165, 1.54) is 0 Å². The molecule has 0 radical (unpaired) electrons. The summed E-state index contributed by atoms with van der Waals surface area (Å²) >= 11 is 0. The van der Waals surface area contributed by atoms with Crippen molar-refractivity contribution in [2.24, 2.45) is 21.8 Å². The Balaban J connectivity index is 3.81. The molecule has 0 saturated carbocycles. The molecule has 0 aliphatic heterocycles. The summed E-state index contributed by atoms with van der Waals surface area (Å²) in [5.41, 5.74) is 4.11. The van der Waals surface area contributed by atoms with Crippen molar-refractivity contribution < 1.29 is 9.59 Å². The lowest BCUT2D eigenvalue weighted by Crippen LogP contribution is -2.04. The Labute approximate surface area is 138 Å². The van der Waals surface area contributed by atoms with Crippen LogP contribution in [0.3, 0.4) is 0 Å². The molecule has 0 saturated heterocycles. The highest BCUT2D eigenvalue weighted by molar-refractivity contribution is 5.73. The molecule has 0 aliphatic rings. The van der Waals surface area contributed by atoms with Crippen LogP contribution in [-0.2, 0) is 22.4 Å². The van der Waals surface area contributed by atoms with Crippen molar-refractivity contribution in [1.82, 2.24) is 0 Å². The molecule has 0 N–H and O–H groups in total. The fourth-order valence-corrected chi connectivity index (χ4v) is 2.90. The molecule has 1 rings (SSSR count). The van der Waals surface area contributed by atoms with Crippen LogP contribution in [0.1, 0.15) is 64.2 Å². The van der Waals surface area contributed by atoms with Gasteiger partial charge in [-0.3, -0.25) is 0 Å². The minimum atomic E-state index is 0.0900. The first-order chi connectivity index (χ1) is 10.8. The first kappa shape index (κ1) is 19.0. The average Bonchev–Trinajstić information content (AvgIpc) is 2.42. The van der Waals surface area contributed by atoms with E-state index in [-0.39, 0.29) is 5.92 Å². The molecule has 0 amide bonds. The molecule has 0 aromatic heterocycles. The van der Waals surface area contributed by atoms with Crippen LogP contribution in [0, 0.1) is 11.8 Å². The normalized spacial score (nSPS) is 10.8. The average molecular weight is 314 g/mol. The number of nitrogens with zero attached hydrogens (tertiary/aromatic N) is 2. The third-order valence-electron chi connectivity index (χ3n) is 3.62. The quantitative estimate of drug-likeness (QED) is 0.516. The summed E-state index contributed by atoms with van der Waals surface area (Å²) < 4.78 is 0. The van der Waals surface area contributed by atoms with E-state index in [0.717, 1.165) is 29.5 Å².